The fraction of sp³-hybridized carbons (Fsp3) is 0.300. The van der Waals surface area contributed by atoms with Crippen LogP contribution in [0.15, 0.2) is 53.3 Å². The molecule has 2 N–H and O–H groups in total. The van der Waals surface area contributed by atoms with E-state index < -0.39 is 6.03 Å². The maximum absolute atomic E-state index is 12.5. The highest BCUT2D eigenvalue weighted by atomic mass is 16.2. The lowest BCUT2D eigenvalue weighted by atomic mass is 10.0. The molecule has 5 nitrogen and oxygen atoms in total. The maximum atomic E-state index is 12.5. The van der Waals surface area contributed by atoms with Gasteiger partial charge in [-0.3, -0.25) is 9.89 Å². The van der Waals surface area contributed by atoms with Gasteiger partial charge in [0.05, 0.1) is 10.9 Å². The van der Waals surface area contributed by atoms with Crippen molar-refractivity contribution in [3.8, 4) is 0 Å². The van der Waals surface area contributed by atoms with Crippen molar-refractivity contribution >= 4 is 16.9 Å². The summed E-state index contributed by atoms with van der Waals surface area (Å²) in [5.41, 5.74) is 2.60. The number of aromatic amines is 1. The van der Waals surface area contributed by atoms with Gasteiger partial charge in [0.15, 0.2) is 0 Å². The second-order valence-electron chi connectivity index (χ2n) is 6.23. The van der Waals surface area contributed by atoms with E-state index >= 15 is 0 Å². The summed E-state index contributed by atoms with van der Waals surface area (Å²) in [6.07, 6.45) is 3.82. The first-order valence-electron chi connectivity index (χ1n) is 8.75. The molecule has 0 spiro atoms. The zero-order valence-corrected chi connectivity index (χ0v) is 14.4. The number of hydrogen-bond donors (Lipinski definition) is 2. The van der Waals surface area contributed by atoms with E-state index in [2.05, 4.69) is 29.5 Å². The standard InChI is InChI=1S/C20H23N3O2/c1-2-3-7-12-21-20(25)23-19(24)17-14-16(10-11-18(17)22-23)13-15-8-5-4-6-9-15/h4-6,8-11,14,22H,2-3,7,12-13H2,1H3,(H,21,25). The van der Waals surface area contributed by atoms with Crippen LogP contribution in [-0.2, 0) is 6.42 Å². The average molecular weight is 337 g/mol. The van der Waals surface area contributed by atoms with Crippen LogP contribution in [0.3, 0.4) is 0 Å². The van der Waals surface area contributed by atoms with Gasteiger partial charge in [0.25, 0.3) is 5.56 Å². The monoisotopic (exact) mass is 337 g/mol. The number of amides is 1. The predicted octanol–water partition coefficient (Wildman–Crippen LogP) is 3.67. The molecule has 0 aliphatic heterocycles. The van der Waals surface area contributed by atoms with E-state index in [9.17, 15) is 9.59 Å². The van der Waals surface area contributed by atoms with Gasteiger partial charge in [-0.25, -0.2) is 4.79 Å². The van der Waals surface area contributed by atoms with E-state index in [1.165, 1.54) is 5.56 Å². The lowest BCUT2D eigenvalue weighted by Crippen LogP contribution is -2.35. The predicted molar refractivity (Wildman–Crippen MR) is 100 cm³/mol. The fourth-order valence-electron chi connectivity index (χ4n) is 2.89. The van der Waals surface area contributed by atoms with E-state index in [-0.39, 0.29) is 5.56 Å². The molecule has 0 saturated carbocycles. The van der Waals surface area contributed by atoms with Gasteiger partial charge < -0.3 is 5.32 Å². The molecule has 1 heterocycles. The third-order valence-corrected chi connectivity index (χ3v) is 4.26. The second-order valence-corrected chi connectivity index (χ2v) is 6.23. The molecule has 130 valence electrons. The Kier molecular flexibility index (Phi) is 5.33. The lowest BCUT2D eigenvalue weighted by Gasteiger charge is -2.03. The number of hydrogen-bond acceptors (Lipinski definition) is 2. The minimum atomic E-state index is -0.401. The van der Waals surface area contributed by atoms with Crippen LogP contribution < -0.4 is 10.9 Å². The van der Waals surface area contributed by atoms with Crippen LogP contribution in [0, 0.1) is 0 Å². The molecule has 25 heavy (non-hydrogen) atoms. The Morgan fingerprint density at radius 1 is 1.08 bits per heavy atom. The Hall–Kier alpha value is -2.82. The number of carbonyl (C=O) groups is 1. The summed E-state index contributed by atoms with van der Waals surface area (Å²) in [4.78, 5) is 24.7. The molecule has 3 aromatic rings. The van der Waals surface area contributed by atoms with Gasteiger partial charge in [0.2, 0.25) is 0 Å². The summed E-state index contributed by atoms with van der Waals surface area (Å²) in [5.74, 6) is 0. The summed E-state index contributed by atoms with van der Waals surface area (Å²) >= 11 is 0. The SMILES string of the molecule is CCCCCNC(=O)n1[nH]c2ccc(Cc3ccccc3)cc2c1=O. The topological polar surface area (TPSA) is 66.9 Å². The molecule has 5 heteroatoms. The number of benzene rings is 2. The van der Waals surface area contributed by atoms with E-state index in [1.54, 1.807) is 0 Å². The Balaban J connectivity index is 1.80. The summed E-state index contributed by atoms with van der Waals surface area (Å²) < 4.78 is 1.06. The number of nitrogens with zero attached hydrogens (tertiary/aromatic N) is 1. The van der Waals surface area contributed by atoms with Crippen molar-refractivity contribution in [2.45, 2.75) is 32.6 Å². The molecule has 0 radical (unpaired) electrons. The van der Waals surface area contributed by atoms with Gasteiger partial charge in [-0.2, -0.15) is 4.68 Å². The van der Waals surface area contributed by atoms with Crippen LogP contribution in [0.4, 0.5) is 4.79 Å². The highest BCUT2D eigenvalue weighted by Crippen LogP contribution is 2.14. The second kappa shape index (κ2) is 7.83. The lowest BCUT2D eigenvalue weighted by molar-refractivity contribution is 0.239. The molecule has 1 aromatic heterocycles. The molecule has 0 fully saturated rings. The minimum absolute atomic E-state index is 0.307. The van der Waals surface area contributed by atoms with Crippen molar-refractivity contribution in [3.05, 3.63) is 70.0 Å². The molecule has 0 atom stereocenters. The summed E-state index contributed by atoms with van der Waals surface area (Å²) in [7, 11) is 0. The van der Waals surface area contributed by atoms with E-state index in [0.29, 0.717) is 17.4 Å². The van der Waals surface area contributed by atoms with E-state index in [4.69, 9.17) is 0 Å². The largest absolute Gasteiger partial charge is 0.343 e. The normalized spacial score (nSPS) is 10.9. The minimum Gasteiger partial charge on any atom is -0.336 e. The van der Waals surface area contributed by atoms with Crippen molar-refractivity contribution < 1.29 is 4.79 Å². The Morgan fingerprint density at radius 3 is 2.64 bits per heavy atom. The molecule has 1 amide bonds. The number of carbonyl (C=O) groups excluding carboxylic acids is 1. The maximum Gasteiger partial charge on any atom is 0.343 e. The highest BCUT2D eigenvalue weighted by Gasteiger charge is 2.13. The van der Waals surface area contributed by atoms with Crippen LogP contribution in [0.5, 0.6) is 0 Å². The van der Waals surface area contributed by atoms with Gasteiger partial charge in [-0.1, -0.05) is 56.2 Å². The molecule has 2 aromatic carbocycles. The third kappa shape index (κ3) is 3.99. The molecule has 3 rings (SSSR count). The smallest absolute Gasteiger partial charge is 0.336 e. The molecule has 0 bridgehead atoms. The molecule has 0 aliphatic carbocycles. The van der Waals surface area contributed by atoms with Crippen LogP contribution in [0.25, 0.3) is 10.9 Å². The zero-order valence-electron chi connectivity index (χ0n) is 14.4. The van der Waals surface area contributed by atoms with Crippen LogP contribution in [-0.4, -0.2) is 22.4 Å². The van der Waals surface area contributed by atoms with Crippen LogP contribution >= 0.6 is 0 Å². The van der Waals surface area contributed by atoms with Gasteiger partial charge in [0.1, 0.15) is 0 Å². The van der Waals surface area contributed by atoms with Crippen molar-refractivity contribution in [1.29, 1.82) is 0 Å². The Morgan fingerprint density at radius 2 is 1.88 bits per heavy atom. The van der Waals surface area contributed by atoms with Gasteiger partial charge in [-0.05, 0) is 36.1 Å². The number of unbranched alkanes of at least 4 members (excludes halogenated alkanes) is 2. The first kappa shape index (κ1) is 17.0. The molecule has 0 unspecified atom stereocenters. The highest BCUT2D eigenvalue weighted by molar-refractivity contribution is 5.84. The first-order chi connectivity index (χ1) is 12.2. The molecular weight excluding hydrogens is 314 g/mol. The molecule has 0 aliphatic rings. The summed E-state index contributed by atoms with van der Waals surface area (Å²) in [6, 6.07) is 15.4. The fourth-order valence-corrected chi connectivity index (χ4v) is 2.89. The van der Waals surface area contributed by atoms with Crippen molar-refractivity contribution in [2.75, 3.05) is 6.54 Å². The van der Waals surface area contributed by atoms with Crippen LogP contribution in [0.2, 0.25) is 0 Å². The first-order valence-corrected chi connectivity index (χ1v) is 8.75. The summed E-state index contributed by atoms with van der Waals surface area (Å²) in [6.45, 7) is 2.69. The van der Waals surface area contributed by atoms with E-state index in [1.807, 2.05) is 36.4 Å². The van der Waals surface area contributed by atoms with Gasteiger partial charge in [-0.15, -0.1) is 0 Å². The summed E-state index contributed by atoms with van der Waals surface area (Å²) in [5, 5.41) is 6.21. The number of nitrogens with one attached hydrogen (secondary N) is 2. The number of fused-ring (bicyclic) bond motifs is 1. The zero-order chi connectivity index (χ0) is 17.6. The molecule has 0 saturated heterocycles. The Labute approximate surface area is 146 Å². The van der Waals surface area contributed by atoms with Gasteiger partial charge in [0, 0.05) is 6.54 Å². The number of aromatic nitrogens is 2. The van der Waals surface area contributed by atoms with Gasteiger partial charge >= 0.3 is 6.03 Å². The average Bonchev–Trinajstić information content (AvgIpc) is 2.96. The van der Waals surface area contributed by atoms with Crippen molar-refractivity contribution in [3.63, 3.8) is 0 Å². The van der Waals surface area contributed by atoms with Crippen LogP contribution in [0.1, 0.15) is 37.3 Å². The van der Waals surface area contributed by atoms with E-state index in [0.717, 1.165) is 35.9 Å². The number of rotatable bonds is 6. The van der Waals surface area contributed by atoms with Crippen molar-refractivity contribution in [2.24, 2.45) is 0 Å². The quantitative estimate of drug-likeness (QED) is 0.674. The number of H-pyrrole nitrogens is 1. The molecular formula is C20H23N3O2. The third-order valence-electron chi connectivity index (χ3n) is 4.26. The van der Waals surface area contributed by atoms with Crippen molar-refractivity contribution in [1.82, 2.24) is 15.1 Å². The Bertz CT molecular complexity index is 910.